The predicted octanol–water partition coefficient (Wildman–Crippen LogP) is 0.145. The van der Waals surface area contributed by atoms with Crippen molar-refractivity contribution >= 4 is 10.0 Å². The first-order valence-corrected chi connectivity index (χ1v) is 6.31. The van der Waals surface area contributed by atoms with E-state index >= 15 is 0 Å². The molecule has 5 nitrogen and oxygen atoms in total. The molecule has 0 aliphatic carbocycles. The van der Waals surface area contributed by atoms with Crippen molar-refractivity contribution in [1.29, 1.82) is 0 Å². The Bertz CT molecular complexity index is 274. The van der Waals surface area contributed by atoms with Crippen LogP contribution >= 0.6 is 0 Å². The maximum absolute atomic E-state index is 11.2. The fourth-order valence-corrected chi connectivity index (χ4v) is 1.71. The highest BCUT2D eigenvalue weighted by atomic mass is 32.2. The van der Waals surface area contributed by atoms with Gasteiger partial charge in [0.25, 0.3) is 0 Å². The summed E-state index contributed by atoms with van der Waals surface area (Å²) in [5, 5.41) is 0. The van der Waals surface area contributed by atoms with Crippen LogP contribution in [0.3, 0.4) is 0 Å². The highest BCUT2D eigenvalue weighted by molar-refractivity contribution is 7.89. The molecule has 0 saturated carbocycles. The first-order chi connectivity index (χ1) is 6.98. The van der Waals surface area contributed by atoms with Gasteiger partial charge in [-0.05, 0) is 6.92 Å². The first-order valence-electron chi connectivity index (χ1n) is 4.66. The second-order valence-electron chi connectivity index (χ2n) is 3.22. The number of rotatable bonds is 9. The Morgan fingerprint density at radius 1 is 1.40 bits per heavy atom. The SMILES string of the molecule is C=C(C)COCCNS(=O)(=O)CCOC. The average molecular weight is 237 g/mol. The maximum atomic E-state index is 11.2. The van der Waals surface area contributed by atoms with Gasteiger partial charge in [-0.15, -0.1) is 0 Å². The van der Waals surface area contributed by atoms with E-state index in [1.165, 1.54) is 7.11 Å². The Morgan fingerprint density at radius 2 is 2.07 bits per heavy atom. The molecule has 6 heteroatoms. The molecule has 0 rings (SSSR count). The van der Waals surface area contributed by atoms with Crippen LogP contribution in [0.4, 0.5) is 0 Å². The Hall–Kier alpha value is -0.430. The van der Waals surface area contributed by atoms with Crippen LogP contribution in [0.5, 0.6) is 0 Å². The molecule has 0 saturated heterocycles. The Balaban J connectivity index is 3.53. The lowest BCUT2D eigenvalue weighted by molar-refractivity contribution is 0.162. The molecular formula is C9H19NO4S. The van der Waals surface area contributed by atoms with Gasteiger partial charge in [0, 0.05) is 13.7 Å². The van der Waals surface area contributed by atoms with Crippen LogP contribution in [-0.4, -0.2) is 47.6 Å². The highest BCUT2D eigenvalue weighted by Crippen LogP contribution is 1.88. The summed E-state index contributed by atoms with van der Waals surface area (Å²) < 4.78 is 34.7. The molecule has 0 aromatic heterocycles. The van der Waals surface area contributed by atoms with Gasteiger partial charge in [-0.25, -0.2) is 13.1 Å². The average Bonchev–Trinajstić information content (AvgIpc) is 2.14. The molecule has 0 aromatic carbocycles. The lowest BCUT2D eigenvalue weighted by Gasteiger charge is -2.06. The monoisotopic (exact) mass is 237 g/mol. The smallest absolute Gasteiger partial charge is 0.213 e. The van der Waals surface area contributed by atoms with Gasteiger partial charge in [0.15, 0.2) is 0 Å². The van der Waals surface area contributed by atoms with Gasteiger partial charge in [-0.2, -0.15) is 0 Å². The van der Waals surface area contributed by atoms with Gasteiger partial charge in [0.05, 0.1) is 25.6 Å². The molecule has 0 atom stereocenters. The number of methoxy groups -OCH3 is 1. The van der Waals surface area contributed by atoms with E-state index in [-0.39, 0.29) is 18.9 Å². The van der Waals surface area contributed by atoms with Crippen LogP contribution in [-0.2, 0) is 19.5 Å². The number of hydrogen-bond donors (Lipinski definition) is 1. The Morgan fingerprint density at radius 3 is 2.60 bits per heavy atom. The van der Waals surface area contributed by atoms with Crippen molar-refractivity contribution in [3.8, 4) is 0 Å². The summed E-state index contributed by atoms with van der Waals surface area (Å²) in [5.74, 6) is -0.0238. The zero-order valence-electron chi connectivity index (χ0n) is 9.28. The molecule has 15 heavy (non-hydrogen) atoms. The van der Waals surface area contributed by atoms with Gasteiger partial charge in [-0.3, -0.25) is 0 Å². The van der Waals surface area contributed by atoms with E-state index in [0.29, 0.717) is 13.2 Å². The number of ether oxygens (including phenoxy) is 2. The van der Waals surface area contributed by atoms with Crippen LogP contribution < -0.4 is 4.72 Å². The zero-order chi connectivity index (χ0) is 11.7. The van der Waals surface area contributed by atoms with Gasteiger partial charge in [0.2, 0.25) is 10.0 Å². The summed E-state index contributed by atoms with van der Waals surface area (Å²) in [6.07, 6.45) is 0. The second-order valence-corrected chi connectivity index (χ2v) is 5.14. The van der Waals surface area contributed by atoms with Crippen LogP contribution in [0.15, 0.2) is 12.2 Å². The van der Waals surface area contributed by atoms with Crippen molar-refractivity contribution in [3.63, 3.8) is 0 Å². The van der Waals surface area contributed by atoms with E-state index in [4.69, 9.17) is 4.74 Å². The minimum Gasteiger partial charge on any atom is -0.384 e. The third-order valence-electron chi connectivity index (χ3n) is 1.47. The lowest BCUT2D eigenvalue weighted by Crippen LogP contribution is -2.31. The fourth-order valence-electron chi connectivity index (χ4n) is 0.781. The van der Waals surface area contributed by atoms with Crippen molar-refractivity contribution in [2.45, 2.75) is 6.92 Å². The molecule has 90 valence electrons. The molecular weight excluding hydrogens is 218 g/mol. The summed E-state index contributed by atoms with van der Waals surface area (Å²) >= 11 is 0. The molecule has 1 N–H and O–H groups in total. The van der Waals surface area contributed by atoms with Crippen LogP contribution in [0.2, 0.25) is 0 Å². The van der Waals surface area contributed by atoms with Crippen LogP contribution in [0.25, 0.3) is 0 Å². The quantitative estimate of drug-likeness (QED) is 0.458. The van der Waals surface area contributed by atoms with Gasteiger partial charge < -0.3 is 9.47 Å². The number of sulfonamides is 1. The van der Waals surface area contributed by atoms with Crippen LogP contribution in [0, 0.1) is 0 Å². The minimum atomic E-state index is -3.22. The summed E-state index contributed by atoms with van der Waals surface area (Å²) in [6.45, 7) is 6.79. The van der Waals surface area contributed by atoms with Crippen molar-refractivity contribution in [2.24, 2.45) is 0 Å². The van der Waals surface area contributed by atoms with E-state index in [9.17, 15) is 8.42 Å². The molecule has 0 aliphatic heterocycles. The van der Waals surface area contributed by atoms with Crippen molar-refractivity contribution in [1.82, 2.24) is 4.72 Å². The molecule has 0 aromatic rings. The van der Waals surface area contributed by atoms with E-state index in [1.807, 2.05) is 6.92 Å². The van der Waals surface area contributed by atoms with Crippen molar-refractivity contribution in [3.05, 3.63) is 12.2 Å². The molecule has 0 spiro atoms. The van der Waals surface area contributed by atoms with Crippen LogP contribution in [0.1, 0.15) is 6.92 Å². The first kappa shape index (κ1) is 14.6. The van der Waals surface area contributed by atoms with Gasteiger partial charge in [-0.1, -0.05) is 12.2 Å². The largest absolute Gasteiger partial charge is 0.384 e. The summed E-state index contributed by atoms with van der Waals surface area (Å²) in [4.78, 5) is 0. The summed E-state index contributed by atoms with van der Waals surface area (Å²) in [7, 11) is -1.76. The lowest BCUT2D eigenvalue weighted by atomic mass is 10.4. The predicted molar refractivity (Wildman–Crippen MR) is 59.3 cm³/mol. The third-order valence-corrected chi connectivity index (χ3v) is 2.82. The zero-order valence-corrected chi connectivity index (χ0v) is 10.1. The molecule has 0 radical (unpaired) electrons. The van der Waals surface area contributed by atoms with Crippen molar-refractivity contribution < 1.29 is 17.9 Å². The Labute approximate surface area is 91.5 Å². The second kappa shape index (κ2) is 7.81. The standard InChI is InChI=1S/C9H19NO4S/c1-9(2)8-14-5-4-10-15(11,12)7-6-13-3/h10H,1,4-8H2,2-3H3. The number of hydrogen-bond acceptors (Lipinski definition) is 4. The highest BCUT2D eigenvalue weighted by Gasteiger charge is 2.08. The summed E-state index contributed by atoms with van der Waals surface area (Å²) in [5.41, 5.74) is 0.914. The maximum Gasteiger partial charge on any atom is 0.213 e. The molecule has 0 fully saturated rings. The molecule has 0 aliphatic rings. The van der Waals surface area contributed by atoms with E-state index in [2.05, 4.69) is 16.0 Å². The fraction of sp³-hybridized carbons (Fsp3) is 0.778. The molecule has 0 bridgehead atoms. The molecule has 0 amide bonds. The molecule has 0 heterocycles. The Kier molecular flexibility index (Phi) is 7.59. The van der Waals surface area contributed by atoms with E-state index in [1.54, 1.807) is 0 Å². The van der Waals surface area contributed by atoms with Gasteiger partial charge >= 0.3 is 0 Å². The third kappa shape index (κ3) is 9.86. The van der Waals surface area contributed by atoms with E-state index in [0.717, 1.165) is 5.57 Å². The normalized spacial score (nSPS) is 11.6. The van der Waals surface area contributed by atoms with Crippen molar-refractivity contribution in [2.75, 3.05) is 39.2 Å². The summed E-state index contributed by atoms with van der Waals surface area (Å²) in [6, 6.07) is 0. The molecule has 0 unspecified atom stereocenters. The van der Waals surface area contributed by atoms with Gasteiger partial charge in [0.1, 0.15) is 0 Å². The topological polar surface area (TPSA) is 64.6 Å². The minimum absolute atomic E-state index is 0.0238. The van der Waals surface area contributed by atoms with E-state index < -0.39 is 10.0 Å². The number of nitrogens with one attached hydrogen (secondary N) is 1.